The average Bonchev–Trinajstić information content (AvgIpc) is 2.38. The summed E-state index contributed by atoms with van der Waals surface area (Å²) in [6.45, 7) is 1.54. The van der Waals surface area contributed by atoms with Crippen LogP contribution in [0, 0.1) is 0 Å². The van der Waals surface area contributed by atoms with E-state index in [-0.39, 0.29) is 5.97 Å². The SMILES string of the molecule is COC(=O)CCCN(C)Cc1cc(Cl)ccc1OC. The van der Waals surface area contributed by atoms with E-state index in [9.17, 15) is 4.79 Å². The second-order valence-electron chi connectivity index (χ2n) is 4.37. The minimum atomic E-state index is -0.172. The highest BCUT2D eigenvalue weighted by Gasteiger charge is 2.08. The van der Waals surface area contributed by atoms with Crippen LogP contribution in [-0.2, 0) is 16.1 Å². The van der Waals surface area contributed by atoms with E-state index in [1.165, 1.54) is 7.11 Å². The van der Waals surface area contributed by atoms with Crippen molar-refractivity contribution >= 4 is 17.6 Å². The molecule has 0 saturated heterocycles. The van der Waals surface area contributed by atoms with E-state index in [1.54, 1.807) is 13.2 Å². The van der Waals surface area contributed by atoms with Crippen molar-refractivity contribution in [1.82, 2.24) is 4.90 Å². The van der Waals surface area contributed by atoms with Crippen molar-refractivity contribution in [3.8, 4) is 5.75 Å². The van der Waals surface area contributed by atoms with Crippen LogP contribution in [0.15, 0.2) is 18.2 Å². The topological polar surface area (TPSA) is 38.8 Å². The van der Waals surface area contributed by atoms with Crippen molar-refractivity contribution in [3.05, 3.63) is 28.8 Å². The van der Waals surface area contributed by atoms with Gasteiger partial charge in [0.25, 0.3) is 0 Å². The molecule has 4 nitrogen and oxygen atoms in total. The number of esters is 1. The van der Waals surface area contributed by atoms with E-state index in [2.05, 4.69) is 9.64 Å². The third-order valence-electron chi connectivity index (χ3n) is 2.83. The Hall–Kier alpha value is -1.26. The molecule has 0 aliphatic rings. The second-order valence-corrected chi connectivity index (χ2v) is 4.81. The van der Waals surface area contributed by atoms with Gasteiger partial charge < -0.3 is 14.4 Å². The predicted molar refractivity (Wildman–Crippen MR) is 75.6 cm³/mol. The lowest BCUT2D eigenvalue weighted by molar-refractivity contribution is -0.140. The minimum Gasteiger partial charge on any atom is -0.496 e. The molecule has 0 saturated carbocycles. The Morgan fingerprint density at radius 1 is 1.37 bits per heavy atom. The number of nitrogens with zero attached hydrogens (tertiary/aromatic N) is 1. The monoisotopic (exact) mass is 285 g/mol. The van der Waals surface area contributed by atoms with Gasteiger partial charge in [0.15, 0.2) is 0 Å². The quantitative estimate of drug-likeness (QED) is 0.722. The molecule has 1 aromatic rings. The van der Waals surface area contributed by atoms with Gasteiger partial charge in [-0.15, -0.1) is 0 Å². The van der Waals surface area contributed by atoms with Crippen molar-refractivity contribution in [2.75, 3.05) is 27.8 Å². The lowest BCUT2D eigenvalue weighted by Gasteiger charge is -2.18. The molecule has 0 spiro atoms. The maximum atomic E-state index is 11.0. The molecule has 19 heavy (non-hydrogen) atoms. The van der Waals surface area contributed by atoms with Crippen LogP contribution in [0.5, 0.6) is 5.75 Å². The molecule has 1 aromatic carbocycles. The first-order valence-electron chi connectivity index (χ1n) is 6.14. The fourth-order valence-corrected chi connectivity index (χ4v) is 2.03. The molecular weight excluding hydrogens is 266 g/mol. The van der Waals surface area contributed by atoms with Crippen LogP contribution in [0.25, 0.3) is 0 Å². The number of halogens is 1. The molecule has 0 fully saturated rings. The second kappa shape index (κ2) is 8.02. The number of ether oxygens (including phenoxy) is 2. The standard InChI is InChI=1S/C14H20ClNO3/c1-16(8-4-5-14(17)19-3)10-11-9-12(15)6-7-13(11)18-2/h6-7,9H,4-5,8,10H2,1-3H3. The maximum Gasteiger partial charge on any atom is 0.305 e. The first-order valence-corrected chi connectivity index (χ1v) is 6.52. The zero-order valence-corrected chi connectivity index (χ0v) is 12.4. The number of carbonyl (C=O) groups excluding carboxylic acids is 1. The van der Waals surface area contributed by atoms with E-state index in [0.717, 1.165) is 30.8 Å². The molecule has 1 rings (SSSR count). The minimum absolute atomic E-state index is 0.172. The number of hydrogen-bond donors (Lipinski definition) is 0. The molecule has 0 unspecified atom stereocenters. The predicted octanol–water partition coefficient (Wildman–Crippen LogP) is 2.73. The third kappa shape index (κ3) is 5.49. The van der Waals surface area contributed by atoms with Gasteiger partial charge in [0.2, 0.25) is 0 Å². The summed E-state index contributed by atoms with van der Waals surface area (Å²) in [6.07, 6.45) is 1.21. The van der Waals surface area contributed by atoms with E-state index in [1.807, 2.05) is 19.2 Å². The first-order chi connectivity index (χ1) is 9.06. The van der Waals surface area contributed by atoms with Crippen LogP contribution in [0.1, 0.15) is 18.4 Å². The van der Waals surface area contributed by atoms with Crippen molar-refractivity contribution in [2.24, 2.45) is 0 Å². The van der Waals surface area contributed by atoms with Crippen LogP contribution in [0.3, 0.4) is 0 Å². The molecule has 106 valence electrons. The first kappa shape index (κ1) is 15.8. The molecule has 0 aliphatic heterocycles. The Balaban J connectivity index is 2.49. The number of methoxy groups -OCH3 is 2. The largest absolute Gasteiger partial charge is 0.496 e. The normalized spacial score (nSPS) is 10.6. The molecule has 0 radical (unpaired) electrons. The smallest absolute Gasteiger partial charge is 0.305 e. The zero-order chi connectivity index (χ0) is 14.3. The number of hydrogen-bond acceptors (Lipinski definition) is 4. The van der Waals surface area contributed by atoms with Crippen LogP contribution >= 0.6 is 11.6 Å². The summed E-state index contributed by atoms with van der Waals surface area (Å²) >= 11 is 5.99. The average molecular weight is 286 g/mol. The van der Waals surface area contributed by atoms with E-state index in [0.29, 0.717) is 11.4 Å². The highest BCUT2D eigenvalue weighted by atomic mass is 35.5. The third-order valence-corrected chi connectivity index (χ3v) is 3.07. The van der Waals surface area contributed by atoms with Crippen molar-refractivity contribution < 1.29 is 14.3 Å². The van der Waals surface area contributed by atoms with Gasteiger partial charge in [-0.05, 0) is 38.2 Å². The van der Waals surface area contributed by atoms with E-state index in [4.69, 9.17) is 16.3 Å². The molecule has 5 heteroatoms. The fraction of sp³-hybridized carbons (Fsp3) is 0.500. The lowest BCUT2D eigenvalue weighted by Crippen LogP contribution is -2.20. The Bertz CT molecular complexity index is 423. The summed E-state index contributed by atoms with van der Waals surface area (Å²) < 4.78 is 9.91. The zero-order valence-electron chi connectivity index (χ0n) is 11.6. The highest BCUT2D eigenvalue weighted by molar-refractivity contribution is 6.30. The van der Waals surface area contributed by atoms with Gasteiger partial charge in [-0.1, -0.05) is 11.6 Å². The Morgan fingerprint density at radius 3 is 2.74 bits per heavy atom. The van der Waals surface area contributed by atoms with Gasteiger partial charge in [0, 0.05) is 23.6 Å². The van der Waals surface area contributed by atoms with Gasteiger partial charge >= 0.3 is 5.97 Å². The summed E-state index contributed by atoms with van der Waals surface area (Å²) in [5.74, 6) is 0.651. The fourth-order valence-electron chi connectivity index (χ4n) is 1.84. The summed E-state index contributed by atoms with van der Waals surface area (Å²) in [4.78, 5) is 13.1. The Morgan fingerprint density at radius 2 is 2.11 bits per heavy atom. The van der Waals surface area contributed by atoms with E-state index < -0.39 is 0 Å². The highest BCUT2D eigenvalue weighted by Crippen LogP contribution is 2.23. The van der Waals surface area contributed by atoms with Gasteiger partial charge in [0.05, 0.1) is 14.2 Å². The van der Waals surface area contributed by atoms with Gasteiger partial charge in [0.1, 0.15) is 5.75 Å². The Kier molecular flexibility index (Phi) is 6.67. The van der Waals surface area contributed by atoms with E-state index >= 15 is 0 Å². The lowest BCUT2D eigenvalue weighted by atomic mass is 10.2. The summed E-state index contributed by atoms with van der Waals surface area (Å²) in [7, 11) is 5.05. The summed E-state index contributed by atoms with van der Waals surface area (Å²) in [5.41, 5.74) is 1.04. The maximum absolute atomic E-state index is 11.0. The Labute approximate surface area is 119 Å². The van der Waals surface area contributed by atoms with Crippen molar-refractivity contribution in [2.45, 2.75) is 19.4 Å². The van der Waals surface area contributed by atoms with Gasteiger partial charge in [-0.25, -0.2) is 0 Å². The van der Waals surface area contributed by atoms with Crippen LogP contribution < -0.4 is 4.74 Å². The van der Waals surface area contributed by atoms with Gasteiger partial charge in [-0.2, -0.15) is 0 Å². The molecule has 0 N–H and O–H groups in total. The molecule has 0 atom stereocenters. The molecular formula is C14H20ClNO3. The van der Waals surface area contributed by atoms with Crippen LogP contribution in [0.2, 0.25) is 5.02 Å². The number of carbonyl (C=O) groups is 1. The van der Waals surface area contributed by atoms with Gasteiger partial charge in [-0.3, -0.25) is 4.79 Å². The van der Waals surface area contributed by atoms with Crippen LogP contribution in [0.4, 0.5) is 0 Å². The summed E-state index contributed by atoms with van der Waals surface area (Å²) in [6, 6.07) is 5.57. The molecule has 0 aliphatic carbocycles. The van der Waals surface area contributed by atoms with Crippen molar-refractivity contribution in [1.29, 1.82) is 0 Å². The summed E-state index contributed by atoms with van der Waals surface area (Å²) in [5, 5.41) is 0.693. The van der Waals surface area contributed by atoms with Crippen molar-refractivity contribution in [3.63, 3.8) is 0 Å². The molecule has 0 heterocycles. The molecule has 0 amide bonds. The molecule has 0 aromatic heterocycles. The number of benzene rings is 1. The number of rotatable bonds is 7. The molecule has 0 bridgehead atoms. The van der Waals surface area contributed by atoms with Crippen LogP contribution in [-0.4, -0.2) is 38.7 Å².